The Bertz CT molecular complexity index is 229. The minimum Gasteiger partial charge on any atom is -0.396 e. The molecule has 2 N–H and O–H groups in total. The summed E-state index contributed by atoms with van der Waals surface area (Å²) < 4.78 is 0. The molecule has 72 valence electrons. The quantitative estimate of drug-likeness (QED) is 0.399. The molecule has 1 fully saturated rings. The van der Waals surface area contributed by atoms with Crippen LogP contribution in [-0.2, 0) is 4.79 Å². The van der Waals surface area contributed by atoms with Gasteiger partial charge in [-0.1, -0.05) is 0 Å². The largest absolute Gasteiger partial charge is 0.396 e. The van der Waals surface area contributed by atoms with Crippen molar-refractivity contribution in [1.29, 1.82) is 0 Å². The second-order valence-electron chi connectivity index (χ2n) is 3.38. The highest BCUT2D eigenvalue weighted by atomic mass is 16.1. The fourth-order valence-corrected chi connectivity index (χ4v) is 1.24. The van der Waals surface area contributed by atoms with E-state index < -0.39 is 0 Å². The van der Waals surface area contributed by atoms with Crippen LogP contribution in [0, 0.1) is 0 Å². The Morgan fingerprint density at radius 3 is 2.69 bits per heavy atom. The topological polar surface area (TPSA) is 46.3 Å². The number of rotatable bonds is 4. The van der Waals surface area contributed by atoms with Crippen molar-refractivity contribution in [3.8, 4) is 0 Å². The molecule has 0 heterocycles. The molecule has 3 heteroatoms. The molecule has 0 bridgehead atoms. The zero-order chi connectivity index (χ0) is 9.68. The SMILES string of the molecule is CN(/C=C\C=C(\N)C=O)C1CCC1. The lowest BCUT2D eigenvalue weighted by molar-refractivity contribution is -0.104. The van der Waals surface area contributed by atoms with Crippen LogP contribution in [0.3, 0.4) is 0 Å². The molecule has 1 aliphatic rings. The van der Waals surface area contributed by atoms with Gasteiger partial charge in [0, 0.05) is 13.1 Å². The molecule has 1 aliphatic carbocycles. The molecule has 0 aliphatic heterocycles. The highest BCUT2D eigenvalue weighted by Crippen LogP contribution is 2.23. The maximum absolute atomic E-state index is 10.1. The molecule has 3 nitrogen and oxygen atoms in total. The Labute approximate surface area is 78.9 Å². The summed E-state index contributed by atoms with van der Waals surface area (Å²) in [4.78, 5) is 12.3. The Hall–Kier alpha value is -1.25. The third kappa shape index (κ3) is 2.93. The van der Waals surface area contributed by atoms with Crippen LogP contribution in [0.25, 0.3) is 0 Å². The van der Waals surface area contributed by atoms with E-state index in [9.17, 15) is 4.79 Å². The van der Waals surface area contributed by atoms with E-state index in [1.807, 2.05) is 19.3 Å². The van der Waals surface area contributed by atoms with Gasteiger partial charge < -0.3 is 10.6 Å². The molecular weight excluding hydrogens is 164 g/mol. The minimum absolute atomic E-state index is 0.262. The van der Waals surface area contributed by atoms with Gasteiger partial charge >= 0.3 is 0 Å². The molecular formula is C10H16N2O. The lowest BCUT2D eigenvalue weighted by atomic mass is 9.92. The Balaban J connectivity index is 2.33. The van der Waals surface area contributed by atoms with Crippen molar-refractivity contribution >= 4 is 6.29 Å². The fraction of sp³-hybridized carbons (Fsp3) is 0.500. The van der Waals surface area contributed by atoms with Crippen molar-refractivity contribution in [2.75, 3.05) is 7.05 Å². The van der Waals surface area contributed by atoms with Gasteiger partial charge in [0.1, 0.15) is 0 Å². The van der Waals surface area contributed by atoms with Crippen molar-refractivity contribution < 1.29 is 4.79 Å². The molecule has 0 radical (unpaired) electrons. The van der Waals surface area contributed by atoms with E-state index in [4.69, 9.17) is 5.73 Å². The lowest BCUT2D eigenvalue weighted by Gasteiger charge is -2.33. The maximum Gasteiger partial charge on any atom is 0.165 e. The number of nitrogens with zero attached hydrogens (tertiary/aromatic N) is 1. The summed E-state index contributed by atoms with van der Waals surface area (Å²) in [6, 6.07) is 0.683. The van der Waals surface area contributed by atoms with Crippen LogP contribution in [0.1, 0.15) is 19.3 Å². The first kappa shape index (κ1) is 9.84. The third-order valence-corrected chi connectivity index (χ3v) is 2.40. The molecule has 0 aromatic rings. The Kier molecular flexibility index (Phi) is 3.55. The molecule has 0 atom stereocenters. The smallest absolute Gasteiger partial charge is 0.165 e. The van der Waals surface area contributed by atoms with Gasteiger partial charge in [-0.05, 0) is 37.6 Å². The predicted molar refractivity (Wildman–Crippen MR) is 52.9 cm³/mol. The van der Waals surface area contributed by atoms with Gasteiger partial charge in [-0.15, -0.1) is 0 Å². The number of nitrogens with two attached hydrogens (primary N) is 1. The average Bonchev–Trinajstić information content (AvgIpc) is 2.01. The fourth-order valence-electron chi connectivity index (χ4n) is 1.24. The average molecular weight is 180 g/mol. The van der Waals surface area contributed by atoms with Crippen LogP contribution in [0.4, 0.5) is 0 Å². The summed E-state index contributed by atoms with van der Waals surface area (Å²) in [6.45, 7) is 0. The van der Waals surface area contributed by atoms with Gasteiger partial charge in [0.2, 0.25) is 0 Å². The van der Waals surface area contributed by atoms with Crippen LogP contribution in [0.2, 0.25) is 0 Å². The van der Waals surface area contributed by atoms with Gasteiger partial charge in [-0.25, -0.2) is 0 Å². The number of carbonyl (C=O) groups is 1. The van der Waals surface area contributed by atoms with Gasteiger partial charge in [0.25, 0.3) is 0 Å². The number of hydrogen-bond acceptors (Lipinski definition) is 3. The van der Waals surface area contributed by atoms with E-state index in [0.717, 1.165) is 0 Å². The van der Waals surface area contributed by atoms with E-state index in [2.05, 4.69) is 4.90 Å². The monoisotopic (exact) mass is 180 g/mol. The second-order valence-corrected chi connectivity index (χ2v) is 3.38. The molecule has 0 spiro atoms. The lowest BCUT2D eigenvalue weighted by Crippen LogP contribution is -2.33. The van der Waals surface area contributed by atoms with Crippen molar-refractivity contribution in [3.63, 3.8) is 0 Å². The molecule has 0 aromatic heterocycles. The summed E-state index contributed by atoms with van der Waals surface area (Å²) >= 11 is 0. The van der Waals surface area contributed by atoms with E-state index in [1.165, 1.54) is 19.3 Å². The van der Waals surface area contributed by atoms with Crippen molar-refractivity contribution in [2.24, 2.45) is 5.73 Å². The van der Waals surface area contributed by atoms with Crippen LogP contribution in [0.5, 0.6) is 0 Å². The third-order valence-electron chi connectivity index (χ3n) is 2.40. The second kappa shape index (κ2) is 4.70. The Morgan fingerprint density at radius 1 is 1.54 bits per heavy atom. The van der Waals surface area contributed by atoms with E-state index in [0.29, 0.717) is 12.3 Å². The number of allylic oxidation sites excluding steroid dienone is 3. The van der Waals surface area contributed by atoms with E-state index >= 15 is 0 Å². The zero-order valence-electron chi connectivity index (χ0n) is 7.94. The molecule has 1 rings (SSSR count). The first-order chi connectivity index (χ1) is 6.24. The molecule has 13 heavy (non-hydrogen) atoms. The maximum atomic E-state index is 10.1. The van der Waals surface area contributed by atoms with E-state index in [-0.39, 0.29) is 5.70 Å². The first-order valence-corrected chi connectivity index (χ1v) is 4.55. The summed E-state index contributed by atoms with van der Waals surface area (Å²) in [5.41, 5.74) is 5.57. The van der Waals surface area contributed by atoms with Crippen molar-refractivity contribution in [2.45, 2.75) is 25.3 Å². The number of hydrogen-bond donors (Lipinski definition) is 1. The molecule has 0 unspecified atom stereocenters. The first-order valence-electron chi connectivity index (χ1n) is 4.55. The van der Waals surface area contributed by atoms with Gasteiger partial charge in [-0.2, -0.15) is 0 Å². The molecule has 1 saturated carbocycles. The summed E-state index contributed by atoms with van der Waals surface area (Å²) in [5.74, 6) is 0. The van der Waals surface area contributed by atoms with Crippen LogP contribution in [-0.4, -0.2) is 24.3 Å². The van der Waals surface area contributed by atoms with Gasteiger partial charge in [0.15, 0.2) is 6.29 Å². The number of carbonyl (C=O) groups excluding carboxylic acids is 1. The highest BCUT2D eigenvalue weighted by molar-refractivity contribution is 5.72. The number of aldehydes is 1. The summed E-state index contributed by atoms with van der Waals surface area (Å²) in [5, 5.41) is 0. The molecule has 0 saturated heterocycles. The summed E-state index contributed by atoms with van der Waals surface area (Å²) in [7, 11) is 2.05. The normalized spacial score (nSPS) is 18.7. The van der Waals surface area contributed by atoms with E-state index in [1.54, 1.807) is 6.08 Å². The minimum atomic E-state index is 0.262. The van der Waals surface area contributed by atoms with Gasteiger partial charge in [0.05, 0.1) is 5.70 Å². The standard InChI is InChI=1S/C10H16N2O/c1-12(10-5-2-6-10)7-3-4-9(11)8-13/h3-4,7-8,10H,2,5-6,11H2,1H3/b7-3-,9-4+. The van der Waals surface area contributed by atoms with Crippen molar-refractivity contribution in [1.82, 2.24) is 4.90 Å². The van der Waals surface area contributed by atoms with Crippen molar-refractivity contribution in [3.05, 3.63) is 24.0 Å². The van der Waals surface area contributed by atoms with Gasteiger partial charge in [-0.3, -0.25) is 4.79 Å². The van der Waals surface area contributed by atoms with Crippen LogP contribution < -0.4 is 5.73 Å². The predicted octanol–water partition coefficient (Wildman–Crippen LogP) is 1.03. The Morgan fingerprint density at radius 2 is 2.23 bits per heavy atom. The van der Waals surface area contributed by atoms with Crippen LogP contribution in [0.15, 0.2) is 24.0 Å². The summed E-state index contributed by atoms with van der Waals surface area (Å²) in [6.07, 6.45) is 9.90. The molecule has 0 amide bonds. The van der Waals surface area contributed by atoms with Crippen LogP contribution >= 0.6 is 0 Å². The highest BCUT2D eigenvalue weighted by Gasteiger charge is 2.19. The molecule has 0 aromatic carbocycles. The zero-order valence-corrected chi connectivity index (χ0v) is 7.94.